The van der Waals surface area contributed by atoms with E-state index in [0.717, 1.165) is 10.4 Å². The Labute approximate surface area is 115 Å². The maximum atomic E-state index is 12.2. The molecule has 7 heteroatoms. The zero-order chi connectivity index (χ0) is 13.6. The van der Waals surface area contributed by atoms with E-state index in [0.29, 0.717) is 9.49 Å². The molecule has 3 rings (SSSR count). The Morgan fingerprint density at radius 1 is 1.32 bits per heavy atom. The van der Waals surface area contributed by atoms with E-state index in [-0.39, 0.29) is 16.8 Å². The molecular weight excluding hydrogens is 282 g/mol. The molecule has 0 bridgehead atoms. The predicted molar refractivity (Wildman–Crippen MR) is 76.0 cm³/mol. The Kier molecular flexibility index (Phi) is 2.79. The van der Waals surface area contributed by atoms with Gasteiger partial charge < -0.3 is 0 Å². The lowest BCUT2D eigenvalue weighted by Gasteiger charge is -1.89. The second-order valence-corrected chi connectivity index (χ2v) is 6.04. The van der Waals surface area contributed by atoms with E-state index in [4.69, 9.17) is 0 Å². The van der Waals surface area contributed by atoms with Crippen LogP contribution >= 0.6 is 22.7 Å². The van der Waals surface area contributed by atoms with Crippen LogP contribution in [-0.2, 0) is 0 Å². The second kappa shape index (κ2) is 4.36. The first-order valence-corrected chi connectivity index (χ1v) is 7.22. The lowest BCUT2D eigenvalue weighted by atomic mass is 10.3. The van der Waals surface area contributed by atoms with Gasteiger partial charge in [-0.3, -0.25) is 9.59 Å². The number of hydrogen-bond donors (Lipinski definition) is 0. The summed E-state index contributed by atoms with van der Waals surface area (Å²) >= 11 is 2.75. The summed E-state index contributed by atoms with van der Waals surface area (Å²) in [7, 11) is 0. The molecule has 0 aliphatic carbocycles. The van der Waals surface area contributed by atoms with Gasteiger partial charge in [0.2, 0.25) is 4.96 Å². The Balaban J connectivity index is 2.35. The fourth-order valence-corrected chi connectivity index (χ4v) is 3.46. The third-order valence-corrected chi connectivity index (χ3v) is 4.63. The van der Waals surface area contributed by atoms with Crippen LogP contribution in [0.25, 0.3) is 11.0 Å². The van der Waals surface area contributed by atoms with Gasteiger partial charge in [0.25, 0.3) is 11.1 Å². The highest BCUT2D eigenvalue weighted by Crippen LogP contribution is 2.15. The number of aromatic nitrogens is 3. The van der Waals surface area contributed by atoms with E-state index >= 15 is 0 Å². The number of nitrogens with zero attached hydrogens (tertiary/aromatic N) is 3. The highest BCUT2D eigenvalue weighted by atomic mass is 32.1. The van der Waals surface area contributed by atoms with Gasteiger partial charge in [0.1, 0.15) is 5.69 Å². The van der Waals surface area contributed by atoms with Crippen molar-refractivity contribution in [2.75, 3.05) is 0 Å². The van der Waals surface area contributed by atoms with Crippen molar-refractivity contribution < 1.29 is 0 Å². The average molecular weight is 291 g/mol. The number of hydrogen-bond acceptors (Lipinski definition) is 6. The molecule has 0 radical (unpaired) electrons. The molecule has 0 saturated carbocycles. The summed E-state index contributed by atoms with van der Waals surface area (Å²) in [6, 6.07) is 2.00. The summed E-state index contributed by atoms with van der Waals surface area (Å²) in [6.07, 6.45) is 1.82. The van der Waals surface area contributed by atoms with E-state index in [1.165, 1.54) is 15.9 Å². The van der Waals surface area contributed by atoms with Crippen molar-refractivity contribution in [2.24, 2.45) is 0 Å². The van der Waals surface area contributed by atoms with Crippen LogP contribution in [-0.4, -0.2) is 14.6 Å². The van der Waals surface area contributed by atoms with Gasteiger partial charge in [-0.2, -0.15) is 14.6 Å². The van der Waals surface area contributed by atoms with E-state index in [9.17, 15) is 9.59 Å². The maximum Gasteiger partial charge on any atom is 0.295 e. The molecule has 0 N–H and O–H groups in total. The van der Waals surface area contributed by atoms with Crippen molar-refractivity contribution in [3.05, 3.63) is 52.8 Å². The molecule has 19 heavy (non-hydrogen) atoms. The number of rotatable bonds is 1. The van der Waals surface area contributed by atoms with Crippen LogP contribution < -0.4 is 15.7 Å². The zero-order valence-corrected chi connectivity index (χ0v) is 11.8. The Morgan fingerprint density at radius 3 is 2.79 bits per heavy atom. The third-order valence-electron chi connectivity index (χ3n) is 2.71. The standard InChI is InChI=1S/C12H9N3O2S2/c1-6-3-4-18-8(6)5-9-11(17)15-12(19-9)13-10(16)7(2)14-15/h3-5H,1-2H3. The lowest BCUT2D eigenvalue weighted by molar-refractivity contribution is 0.833. The van der Waals surface area contributed by atoms with Crippen molar-refractivity contribution in [1.82, 2.24) is 14.6 Å². The van der Waals surface area contributed by atoms with Crippen LogP contribution in [0.3, 0.4) is 0 Å². The number of thiophene rings is 1. The molecule has 96 valence electrons. The van der Waals surface area contributed by atoms with Gasteiger partial charge >= 0.3 is 0 Å². The smallest absolute Gasteiger partial charge is 0.266 e. The summed E-state index contributed by atoms with van der Waals surface area (Å²) in [5.74, 6) is 0. The molecular formula is C12H9N3O2S2. The minimum absolute atomic E-state index is 0.228. The van der Waals surface area contributed by atoms with Crippen molar-refractivity contribution in [3.8, 4) is 0 Å². The number of aryl methyl sites for hydroxylation is 2. The SMILES string of the molecule is Cc1ccsc1C=c1sc2nc(=O)c(C)nn2c1=O. The van der Waals surface area contributed by atoms with Gasteiger partial charge in [-0.25, -0.2) is 0 Å². The summed E-state index contributed by atoms with van der Waals surface area (Å²) < 4.78 is 1.73. The summed E-state index contributed by atoms with van der Waals surface area (Å²) in [5.41, 5.74) is 0.725. The second-order valence-electron chi connectivity index (χ2n) is 4.08. The first-order chi connectivity index (χ1) is 9.06. The topological polar surface area (TPSA) is 64.3 Å². The summed E-state index contributed by atoms with van der Waals surface area (Å²) in [4.78, 5) is 28.8. The largest absolute Gasteiger partial charge is 0.295 e. The molecule has 0 amide bonds. The van der Waals surface area contributed by atoms with Crippen molar-refractivity contribution in [1.29, 1.82) is 0 Å². The predicted octanol–water partition coefficient (Wildman–Crippen LogP) is 0.737. The number of fused-ring (bicyclic) bond motifs is 1. The maximum absolute atomic E-state index is 12.2. The fourth-order valence-electron chi connectivity index (χ4n) is 1.64. The molecule has 0 aliphatic rings. The van der Waals surface area contributed by atoms with Crippen LogP contribution in [0.15, 0.2) is 21.0 Å². The van der Waals surface area contributed by atoms with Crippen molar-refractivity contribution >= 4 is 33.7 Å². The molecule has 0 saturated heterocycles. The van der Waals surface area contributed by atoms with Crippen molar-refractivity contribution in [3.63, 3.8) is 0 Å². The Morgan fingerprint density at radius 2 is 2.11 bits per heavy atom. The van der Waals surface area contributed by atoms with Crippen molar-refractivity contribution in [2.45, 2.75) is 13.8 Å². The minimum Gasteiger partial charge on any atom is -0.266 e. The van der Waals surface area contributed by atoms with Crippen LogP contribution in [0.4, 0.5) is 0 Å². The molecule has 0 aromatic carbocycles. The highest BCUT2D eigenvalue weighted by Gasteiger charge is 2.08. The molecule has 3 heterocycles. The summed E-state index contributed by atoms with van der Waals surface area (Å²) in [6.45, 7) is 3.54. The third kappa shape index (κ3) is 2.00. The van der Waals surface area contributed by atoms with E-state index in [1.54, 1.807) is 18.3 Å². The normalized spacial score (nSPS) is 12.4. The summed E-state index contributed by atoms with van der Waals surface area (Å²) in [5, 5.41) is 5.94. The molecule has 3 aromatic heterocycles. The Bertz CT molecular complexity index is 936. The molecule has 0 atom stereocenters. The molecule has 0 spiro atoms. The fraction of sp³-hybridized carbons (Fsp3) is 0.167. The quantitative estimate of drug-likeness (QED) is 0.663. The van der Waals surface area contributed by atoms with Gasteiger partial charge in [0.15, 0.2) is 0 Å². The van der Waals surface area contributed by atoms with E-state index in [1.807, 2.05) is 24.4 Å². The highest BCUT2D eigenvalue weighted by molar-refractivity contribution is 7.15. The molecule has 0 aliphatic heterocycles. The first-order valence-electron chi connectivity index (χ1n) is 5.52. The molecule has 0 unspecified atom stereocenters. The molecule has 0 fully saturated rings. The number of thiazole rings is 1. The molecule has 5 nitrogen and oxygen atoms in total. The molecule has 3 aromatic rings. The van der Waals surface area contributed by atoms with E-state index in [2.05, 4.69) is 10.1 Å². The van der Waals surface area contributed by atoms with Crippen LogP contribution in [0.5, 0.6) is 0 Å². The Hall–Kier alpha value is -1.86. The monoisotopic (exact) mass is 291 g/mol. The minimum atomic E-state index is -0.389. The lowest BCUT2D eigenvalue weighted by Crippen LogP contribution is -2.27. The van der Waals surface area contributed by atoms with Gasteiger partial charge in [-0.15, -0.1) is 11.3 Å². The van der Waals surface area contributed by atoms with E-state index < -0.39 is 0 Å². The average Bonchev–Trinajstić information content (AvgIpc) is 2.89. The van der Waals surface area contributed by atoms with Gasteiger partial charge in [0.05, 0.1) is 4.53 Å². The van der Waals surface area contributed by atoms with Crippen LogP contribution in [0.1, 0.15) is 16.1 Å². The van der Waals surface area contributed by atoms with Crippen LogP contribution in [0, 0.1) is 13.8 Å². The zero-order valence-electron chi connectivity index (χ0n) is 10.2. The van der Waals surface area contributed by atoms with Gasteiger partial charge in [0, 0.05) is 4.88 Å². The first kappa shape index (κ1) is 12.2. The van der Waals surface area contributed by atoms with Gasteiger partial charge in [-0.05, 0) is 36.9 Å². The van der Waals surface area contributed by atoms with Crippen LogP contribution in [0.2, 0.25) is 0 Å². The van der Waals surface area contributed by atoms with Gasteiger partial charge in [-0.1, -0.05) is 11.3 Å².